The molecule has 4 N–H and O–H groups in total. The number of amides is 3. The summed E-state index contributed by atoms with van der Waals surface area (Å²) < 4.78 is 0. The van der Waals surface area contributed by atoms with E-state index in [0.29, 0.717) is 18.0 Å². The van der Waals surface area contributed by atoms with E-state index in [-0.39, 0.29) is 18.0 Å². The van der Waals surface area contributed by atoms with E-state index < -0.39 is 0 Å². The summed E-state index contributed by atoms with van der Waals surface area (Å²) in [5, 5.41) is 11.8. The molecule has 1 fully saturated rings. The number of hydrogen-bond acceptors (Lipinski definition) is 3. The molecule has 0 saturated carbocycles. The average molecular weight is 332 g/mol. The summed E-state index contributed by atoms with van der Waals surface area (Å²) in [6.07, 6.45) is 3.82. The predicted molar refractivity (Wildman–Crippen MR) is 97.2 cm³/mol. The Morgan fingerprint density at radius 2 is 1.67 bits per heavy atom. The Bertz CT molecular complexity index is 536. The smallest absolute Gasteiger partial charge is 0.319 e. The van der Waals surface area contributed by atoms with E-state index in [0.717, 1.165) is 38.0 Å². The summed E-state index contributed by atoms with van der Waals surface area (Å²) in [5.74, 6) is 0.704. The third kappa shape index (κ3) is 6.58. The molecule has 0 unspecified atom stereocenters. The number of carbonyl (C=O) groups is 2. The van der Waals surface area contributed by atoms with Crippen LogP contribution in [0.1, 0.15) is 39.5 Å². The maximum Gasteiger partial charge on any atom is 0.319 e. The summed E-state index contributed by atoms with van der Waals surface area (Å²) in [6.45, 7) is 5.93. The molecule has 0 atom stereocenters. The molecule has 6 heteroatoms. The Labute approximate surface area is 143 Å². The van der Waals surface area contributed by atoms with Crippen molar-refractivity contribution in [3.05, 3.63) is 24.3 Å². The second-order valence-electron chi connectivity index (χ2n) is 6.61. The van der Waals surface area contributed by atoms with Gasteiger partial charge in [-0.25, -0.2) is 4.79 Å². The van der Waals surface area contributed by atoms with Crippen LogP contribution in [-0.4, -0.2) is 31.1 Å². The van der Waals surface area contributed by atoms with Gasteiger partial charge in [-0.15, -0.1) is 0 Å². The molecule has 1 aromatic rings. The lowest BCUT2D eigenvalue weighted by molar-refractivity contribution is -0.116. The SMILES string of the molecule is CC(C)NC(=O)Nc1ccc(NC(=O)CCC2CCNCC2)cc1. The third-order valence-electron chi connectivity index (χ3n) is 4.08. The van der Waals surface area contributed by atoms with E-state index in [1.807, 2.05) is 13.8 Å². The molecule has 0 spiro atoms. The summed E-state index contributed by atoms with van der Waals surface area (Å²) in [4.78, 5) is 23.7. The number of hydrogen-bond donors (Lipinski definition) is 4. The summed E-state index contributed by atoms with van der Waals surface area (Å²) in [5.41, 5.74) is 1.45. The number of rotatable bonds is 6. The highest BCUT2D eigenvalue weighted by Crippen LogP contribution is 2.19. The van der Waals surface area contributed by atoms with Gasteiger partial charge in [0.1, 0.15) is 0 Å². The largest absolute Gasteiger partial charge is 0.336 e. The first-order valence-electron chi connectivity index (χ1n) is 8.71. The van der Waals surface area contributed by atoms with Gasteiger partial charge >= 0.3 is 6.03 Å². The fraction of sp³-hybridized carbons (Fsp3) is 0.556. The Balaban J connectivity index is 1.74. The zero-order valence-corrected chi connectivity index (χ0v) is 14.5. The van der Waals surface area contributed by atoms with Crippen LogP contribution in [0.3, 0.4) is 0 Å². The zero-order valence-electron chi connectivity index (χ0n) is 14.5. The standard InChI is InChI=1S/C18H28N4O2/c1-13(2)20-18(24)22-16-6-4-15(5-7-16)21-17(23)8-3-14-9-11-19-12-10-14/h4-7,13-14,19H,3,8-12H2,1-2H3,(H,21,23)(H2,20,22,24). The Kier molecular flexibility index (Phi) is 7.06. The lowest BCUT2D eigenvalue weighted by Gasteiger charge is -2.22. The molecule has 24 heavy (non-hydrogen) atoms. The normalized spacial score (nSPS) is 15.1. The number of piperidine rings is 1. The van der Waals surface area contributed by atoms with Gasteiger partial charge in [-0.2, -0.15) is 0 Å². The molecular formula is C18H28N4O2. The van der Waals surface area contributed by atoms with Gasteiger partial charge in [0.25, 0.3) is 0 Å². The monoisotopic (exact) mass is 332 g/mol. The van der Waals surface area contributed by atoms with Crippen molar-refractivity contribution in [1.29, 1.82) is 0 Å². The van der Waals surface area contributed by atoms with Gasteiger partial charge in [0, 0.05) is 23.8 Å². The van der Waals surface area contributed by atoms with Crippen LogP contribution in [0.5, 0.6) is 0 Å². The van der Waals surface area contributed by atoms with Gasteiger partial charge in [-0.05, 0) is 76.4 Å². The minimum atomic E-state index is -0.233. The van der Waals surface area contributed by atoms with Crippen molar-refractivity contribution in [1.82, 2.24) is 10.6 Å². The molecule has 0 aliphatic carbocycles. The average Bonchev–Trinajstić information content (AvgIpc) is 2.55. The molecule has 1 aromatic carbocycles. The van der Waals surface area contributed by atoms with E-state index in [4.69, 9.17) is 0 Å². The molecule has 0 bridgehead atoms. The maximum atomic E-state index is 12.0. The van der Waals surface area contributed by atoms with Crippen molar-refractivity contribution in [2.24, 2.45) is 5.92 Å². The van der Waals surface area contributed by atoms with Gasteiger partial charge in [0.2, 0.25) is 5.91 Å². The van der Waals surface area contributed by atoms with Crippen molar-refractivity contribution in [3.63, 3.8) is 0 Å². The van der Waals surface area contributed by atoms with Gasteiger partial charge in [-0.3, -0.25) is 4.79 Å². The van der Waals surface area contributed by atoms with Crippen LogP contribution in [0, 0.1) is 5.92 Å². The molecule has 3 amide bonds. The summed E-state index contributed by atoms with van der Waals surface area (Å²) in [6, 6.07) is 7.01. The Morgan fingerprint density at radius 1 is 1.08 bits per heavy atom. The number of urea groups is 1. The number of anilines is 2. The Hall–Kier alpha value is -2.08. The molecular weight excluding hydrogens is 304 g/mol. The molecule has 0 aromatic heterocycles. The maximum absolute atomic E-state index is 12.0. The molecule has 1 heterocycles. The minimum absolute atomic E-state index is 0.0480. The molecule has 6 nitrogen and oxygen atoms in total. The lowest BCUT2D eigenvalue weighted by Crippen LogP contribution is -2.34. The predicted octanol–water partition coefficient (Wildman–Crippen LogP) is 2.93. The summed E-state index contributed by atoms with van der Waals surface area (Å²) >= 11 is 0. The molecule has 132 valence electrons. The molecule has 1 aliphatic rings. The highest BCUT2D eigenvalue weighted by molar-refractivity contribution is 5.92. The molecule has 1 aliphatic heterocycles. The lowest BCUT2D eigenvalue weighted by atomic mass is 9.93. The first-order chi connectivity index (χ1) is 11.5. The highest BCUT2D eigenvalue weighted by atomic mass is 16.2. The highest BCUT2D eigenvalue weighted by Gasteiger charge is 2.14. The van der Waals surface area contributed by atoms with Crippen LogP contribution in [0.4, 0.5) is 16.2 Å². The van der Waals surface area contributed by atoms with Gasteiger partial charge in [0.05, 0.1) is 0 Å². The van der Waals surface area contributed by atoms with Crippen molar-refractivity contribution in [2.45, 2.75) is 45.6 Å². The van der Waals surface area contributed by atoms with Crippen molar-refractivity contribution in [3.8, 4) is 0 Å². The second-order valence-corrected chi connectivity index (χ2v) is 6.61. The zero-order chi connectivity index (χ0) is 17.4. The fourth-order valence-corrected chi connectivity index (χ4v) is 2.80. The van der Waals surface area contributed by atoms with E-state index >= 15 is 0 Å². The Morgan fingerprint density at radius 3 is 2.25 bits per heavy atom. The number of benzene rings is 1. The topological polar surface area (TPSA) is 82.3 Å². The molecule has 2 rings (SSSR count). The van der Waals surface area contributed by atoms with Crippen LogP contribution in [0.25, 0.3) is 0 Å². The first-order valence-corrected chi connectivity index (χ1v) is 8.71. The van der Waals surface area contributed by atoms with Crippen LogP contribution in [-0.2, 0) is 4.79 Å². The van der Waals surface area contributed by atoms with Crippen molar-refractivity contribution in [2.75, 3.05) is 23.7 Å². The summed E-state index contributed by atoms with van der Waals surface area (Å²) in [7, 11) is 0. The van der Waals surface area contributed by atoms with Crippen molar-refractivity contribution < 1.29 is 9.59 Å². The van der Waals surface area contributed by atoms with Crippen LogP contribution in [0.2, 0.25) is 0 Å². The van der Waals surface area contributed by atoms with E-state index in [1.54, 1.807) is 24.3 Å². The van der Waals surface area contributed by atoms with Crippen LogP contribution < -0.4 is 21.3 Å². The van der Waals surface area contributed by atoms with Gasteiger partial charge in [-0.1, -0.05) is 0 Å². The molecule has 0 radical (unpaired) electrons. The van der Waals surface area contributed by atoms with E-state index in [1.165, 1.54) is 0 Å². The number of nitrogens with one attached hydrogen (secondary N) is 4. The van der Waals surface area contributed by atoms with Crippen LogP contribution in [0.15, 0.2) is 24.3 Å². The third-order valence-corrected chi connectivity index (χ3v) is 4.08. The minimum Gasteiger partial charge on any atom is -0.336 e. The van der Waals surface area contributed by atoms with Crippen LogP contribution >= 0.6 is 0 Å². The van der Waals surface area contributed by atoms with Gasteiger partial charge < -0.3 is 21.3 Å². The van der Waals surface area contributed by atoms with E-state index in [2.05, 4.69) is 21.3 Å². The molecule has 1 saturated heterocycles. The second kappa shape index (κ2) is 9.27. The quantitative estimate of drug-likeness (QED) is 0.646. The first kappa shape index (κ1) is 18.3. The number of carbonyl (C=O) groups excluding carboxylic acids is 2. The van der Waals surface area contributed by atoms with E-state index in [9.17, 15) is 9.59 Å². The van der Waals surface area contributed by atoms with Crippen molar-refractivity contribution >= 4 is 23.3 Å². The fourth-order valence-electron chi connectivity index (χ4n) is 2.80. The van der Waals surface area contributed by atoms with Gasteiger partial charge in [0.15, 0.2) is 0 Å².